The van der Waals surface area contributed by atoms with Crippen LogP contribution in [-0.2, 0) is 12.7 Å². The number of aryl methyl sites for hydroxylation is 1. The molecule has 3 heteroatoms. The van der Waals surface area contributed by atoms with Gasteiger partial charge >= 0.3 is 0 Å². The summed E-state index contributed by atoms with van der Waals surface area (Å²) in [4.78, 5) is 0. The van der Waals surface area contributed by atoms with Gasteiger partial charge in [-0.3, -0.25) is 0 Å². The molecule has 2 N–H and O–H groups in total. The number of nitrogen functional groups attached to an aromatic ring is 1. The fourth-order valence-corrected chi connectivity index (χ4v) is 1.56. The van der Waals surface area contributed by atoms with E-state index in [2.05, 4.69) is 33.9 Å². The van der Waals surface area contributed by atoms with E-state index < -0.39 is 0 Å². The lowest BCUT2D eigenvalue weighted by Gasteiger charge is -2.08. The van der Waals surface area contributed by atoms with E-state index in [0.29, 0.717) is 0 Å². The van der Waals surface area contributed by atoms with Gasteiger partial charge in [-0.05, 0) is 17.5 Å². The zero-order valence-electron chi connectivity index (χ0n) is 8.64. The number of rotatable bonds is 4. The van der Waals surface area contributed by atoms with Crippen molar-refractivity contribution in [1.82, 2.24) is 0 Å². The molecule has 0 spiro atoms. The van der Waals surface area contributed by atoms with Crippen molar-refractivity contribution in [2.45, 2.75) is 25.5 Å². The van der Waals surface area contributed by atoms with Crippen molar-refractivity contribution >= 4 is 21.4 Å². The Morgan fingerprint density at radius 2 is 1.85 bits per heavy atom. The molecule has 1 aromatic carbocycles. The first kappa shape index (κ1) is 10.2. The van der Waals surface area contributed by atoms with Crippen LogP contribution >= 0.6 is 0 Å². The highest BCUT2D eigenvalue weighted by Gasteiger charge is 2.01. The summed E-state index contributed by atoms with van der Waals surface area (Å²) in [5.74, 6) is 0. The van der Waals surface area contributed by atoms with Crippen LogP contribution in [0.25, 0.3) is 0 Å². The van der Waals surface area contributed by atoms with E-state index in [1.54, 1.807) is 0 Å². The predicted octanol–water partition coefficient (Wildman–Crippen LogP) is 0.386. The summed E-state index contributed by atoms with van der Waals surface area (Å²) >= 11 is 0. The molecule has 13 heavy (non-hydrogen) atoms. The van der Waals surface area contributed by atoms with E-state index in [0.717, 1.165) is 18.4 Å². The molecule has 0 aliphatic carbocycles. The largest absolute Gasteiger partial charge is 0.398 e. The van der Waals surface area contributed by atoms with Gasteiger partial charge in [-0.2, -0.15) is 0 Å². The Labute approximate surface area is 82.5 Å². The average molecular weight is 173 g/mol. The Bertz CT molecular complexity index is 274. The lowest BCUT2D eigenvalue weighted by molar-refractivity contribution is 0.920. The van der Waals surface area contributed by atoms with Crippen molar-refractivity contribution < 1.29 is 0 Å². The second-order valence-corrected chi connectivity index (χ2v) is 3.45. The molecule has 0 bridgehead atoms. The monoisotopic (exact) mass is 173 g/mol. The predicted molar refractivity (Wildman–Crippen MR) is 64.8 cm³/mol. The normalized spacial score (nSPS) is 10.2. The highest BCUT2D eigenvalue weighted by Crippen LogP contribution is 2.19. The van der Waals surface area contributed by atoms with Crippen LogP contribution in [0.4, 0.5) is 5.69 Å². The van der Waals surface area contributed by atoms with Gasteiger partial charge in [0.25, 0.3) is 0 Å². The van der Waals surface area contributed by atoms with Crippen LogP contribution in [0.3, 0.4) is 0 Å². The van der Waals surface area contributed by atoms with Crippen molar-refractivity contribution in [3.63, 3.8) is 0 Å². The van der Waals surface area contributed by atoms with Gasteiger partial charge in [0.2, 0.25) is 0 Å². The second kappa shape index (κ2) is 5.00. The number of benzene rings is 1. The zero-order valence-corrected chi connectivity index (χ0v) is 8.64. The Morgan fingerprint density at radius 3 is 2.46 bits per heavy atom. The molecule has 0 aromatic heterocycles. The van der Waals surface area contributed by atoms with E-state index in [4.69, 9.17) is 5.73 Å². The van der Waals surface area contributed by atoms with Gasteiger partial charge in [-0.15, -0.1) is 0 Å². The van der Waals surface area contributed by atoms with E-state index in [-0.39, 0.29) is 0 Å². The highest BCUT2D eigenvalue weighted by atomic mass is 14.6. The van der Waals surface area contributed by atoms with Crippen LogP contribution in [0.5, 0.6) is 0 Å². The number of anilines is 1. The minimum Gasteiger partial charge on any atom is -0.398 e. The lowest BCUT2D eigenvalue weighted by atomic mass is 9.91. The Kier molecular flexibility index (Phi) is 3.94. The summed E-state index contributed by atoms with van der Waals surface area (Å²) in [5, 5.41) is 0. The third kappa shape index (κ3) is 2.55. The fourth-order valence-electron chi connectivity index (χ4n) is 1.56. The molecule has 1 rings (SSSR count). The summed E-state index contributed by atoms with van der Waals surface area (Å²) in [6.07, 6.45) is 4.62. The summed E-state index contributed by atoms with van der Waals surface area (Å²) in [6, 6.07) is 6.37. The molecule has 0 aliphatic heterocycles. The maximum Gasteiger partial charge on any atom is 0.107 e. The first-order valence-corrected chi connectivity index (χ1v) is 5.15. The van der Waals surface area contributed by atoms with E-state index in [1.165, 1.54) is 23.9 Å². The molecule has 0 aliphatic rings. The quantitative estimate of drug-likeness (QED) is 0.516. The maximum atomic E-state index is 6.03. The van der Waals surface area contributed by atoms with Crippen LogP contribution in [0.1, 0.15) is 17.5 Å². The van der Waals surface area contributed by atoms with Crippen molar-refractivity contribution in [3.05, 3.63) is 29.3 Å². The number of hydrogen-bond donors (Lipinski definition) is 1. The summed E-state index contributed by atoms with van der Waals surface area (Å²) in [7, 11) is 4.36. The number of para-hydroxylation sites is 1. The third-order valence-electron chi connectivity index (χ3n) is 2.47. The molecule has 0 radical (unpaired) electrons. The topological polar surface area (TPSA) is 26.0 Å². The highest BCUT2D eigenvalue weighted by molar-refractivity contribution is 6.09. The standard InChI is InChI=1S/C10H17B2N/c11-6-2-5-8-3-1-4-9(7-12)10(8)13/h1,3-4H,2,5-7,11-13H2. The molecule has 0 fully saturated rings. The van der Waals surface area contributed by atoms with Gasteiger partial charge in [0, 0.05) is 5.69 Å². The minimum absolute atomic E-state index is 1.01. The third-order valence-corrected chi connectivity index (χ3v) is 2.47. The van der Waals surface area contributed by atoms with Gasteiger partial charge in [-0.25, -0.2) is 0 Å². The summed E-state index contributed by atoms with van der Waals surface area (Å²) in [5.41, 5.74) is 9.65. The van der Waals surface area contributed by atoms with E-state index >= 15 is 0 Å². The molecule has 68 valence electrons. The first-order valence-electron chi connectivity index (χ1n) is 5.15. The number of nitrogens with two attached hydrogens (primary N) is 1. The van der Waals surface area contributed by atoms with E-state index in [1.807, 2.05) is 0 Å². The average Bonchev–Trinajstić information content (AvgIpc) is 2.16. The van der Waals surface area contributed by atoms with Crippen molar-refractivity contribution in [3.8, 4) is 0 Å². The fraction of sp³-hybridized carbons (Fsp3) is 0.400. The van der Waals surface area contributed by atoms with Crippen molar-refractivity contribution in [2.24, 2.45) is 0 Å². The molecule has 0 unspecified atom stereocenters. The van der Waals surface area contributed by atoms with Crippen molar-refractivity contribution in [1.29, 1.82) is 0 Å². The van der Waals surface area contributed by atoms with Gasteiger partial charge in [-0.1, -0.05) is 37.3 Å². The van der Waals surface area contributed by atoms with Gasteiger partial charge in [0.05, 0.1) is 0 Å². The summed E-state index contributed by atoms with van der Waals surface area (Å²) < 4.78 is 0. The SMILES string of the molecule is BCCCc1cccc(CB)c1N. The van der Waals surface area contributed by atoms with E-state index in [9.17, 15) is 0 Å². The molecular weight excluding hydrogens is 156 g/mol. The molecule has 0 amide bonds. The van der Waals surface area contributed by atoms with Crippen molar-refractivity contribution in [2.75, 3.05) is 5.73 Å². The summed E-state index contributed by atoms with van der Waals surface area (Å²) in [6.45, 7) is 0. The Morgan fingerprint density at radius 1 is 1.15 bits per heavy atom. The molecule has 0 atom stereocenters. The zero-order chi connectivity index (χ0) is 9.68. The van der Waals surface area contributed by atoms with Crippen LogP contribution in [0.15, 0.2) is 18.2 Å². The van der Waals surface area contributed by atoms with Crippen LogP contribution in [-0.4, -0.2) is 15.7 Å². The molecule has 1 aromatic rings. The molecule has 0 heterocycles. The van der Waals surface area contributed by atoms with Gasteiger partial charge < -0.3 is 5.73 Å². The molecule has 0 saturated heterocycles. The maximum absolute atomic E-state index is 6.03. The Balaban J connectivity index is 2.81. The van der Waals surface area contributed by atoms with Crippen LogP contribution in [0.2, 0.25) is 6.32 Å². The van der Waals surface area contributed by atoms with Crippen LogP contribution < -0.4 is 5.73 Å². The molecular formula is C10H17B2N. The van der Waals surface area contributed by atoms with Gasteiger partial charge in [0.15, 0.2) is 0 Å². The van der Waals surface area contributed by atoms with Crippen LogP contribution in [0, 0.1) is 0 Å². The molecule has 1 nitrogen and oxygen atoms in total. The molecule has 0 saturated carbocycles. The minimum atomic E-state index is 1.01. The first-order chi connectivity index (χ1) is 6.29. The number of hydrogen-bond acceptors (Lipinski definition) is 1. The second-order valence-electron chi connectivity index (χ2n) is 3.45. The lowest BCUT2D eigenvalue weighted by Crippen LogP contribution is -2.00. The Hall–Kier alpha value is -0.850. The van der Waals surface area contributed by atoms with Gasteiger partial charge in [0.1, 0.15) is 15.7 Å². The smallest absolute Gasteiger partial charge is 0.107 e.